The number of para-hydroxylation sites is 1. The molecule has 0 saturated heterocycles. The van der Waals surface area contributed by atoms with Gasteiger partial charge in [-0.1, -0.05) is 48.0 Å². The standard InChI is InChI=1S/C20H18O3S/c1-16-10-12-20(13-11-16)24(21,22)15-17-6-5-9-19(14-17)23-18-7-3-2-4-8-18/h2-14H,15H2,1H3. The average molecular weight is 338 g/mol. The van der Waals surface area contributed by atoms with Gasteiger partial charge in [0.05, 0.1) is 10.6 Å². The molecule has 0 spiro atoms. The van der Waals surface area contributed by atoms with E-state index in [0.29, 0.717) is 16.2 Å². The molecule has 0 heterocycles. The van der Waals surface area contributed by atoms with Crippen molar-refractivity contribution in [2.24, 2.45) is 0 Å². The second-order valence-corrected chi connectivity index (χ2v) is 7.62. The smallest absolute Gasteiger partial charge is 0.182 e. The van der Waals surface area contributed by atoms with Crippen molar-refractivity contribution in [1.82, 2.24) is 0 Å². The fourth-order valence-electron chi connectivity index (χ4n) is 2.37. The first-order chi connectivity index (χ1) is 11.5. The summed E-state index contributed by atoms with van der Waals surface area (Å²) in [6.07, 6.45) is 0. The van der Waals surface area contributed by atoms with Crippen LogP contribution in [0.4, 0.5) is 0 Å². The van der Waals surface area contributed by atoms with Gasteiger partial charge in [-0.2, -0.15) is 0 Å². The van der Waals surface area contributed by atoms with Crippen LogP contribution >= 0.6 is 0 Å². The zero-order valence-corrected chi connectivity index (χ0v) is 14.2. The van der Waals surface area contributed by atoms with Gasteiger partial charge in [0.2, 0.25) is 0 Å². The van der Waals surface area contributed by atoms with Crippen molar-refractivity contribution < 1.29 is 13.2 Å². The number of hydrogen-bond donors (Lipinski definition) is 0. The van der Waals surface area contributed by atoms with Gasteiger partial charge in [-0.3, -0.25) is 0 Å². The highest BCUT2D eigenvalue weighted by atomic mass is 32.2. The highest BCUT2D eigenvalue weighted by Crippen LogP contribution is 2.24. The molecule has 0 N–H and O–H groups in total. The van der Waals surface area contributed by atoms with E-state index in [-0.39, 0.29) is 5.75 Å². The molecule has 0 aliphatic rings. The van der Waals surface area contributed by atoms with Gasteiger partial charge in [0.1, 0.15) is 11.5 Å². The molecule has 24 heavy (non-hydrogen) atoms. The van der Waals surface area contributed by atoms with Crippen LogP contribution in [0.3, 0.4) is 0 Å². The zero-order valence-electron chi connectivity index (χ0n) is 13.3. The van der Waals surface area contributed by atoms with E-state index in [1.54, 1.807) is 30.3 Å². The largest absolute Gasteiger partial charge is 0.457 e. The third-order valence-electron chi connectivity index (χ3n) is 3.61. The van der Waals surface area contributed by atoms with Crippen molar-refractivity contribution in [3.05, 3.63) is 90.0 Å². The lowest BCUT2D eigenvalue weighted by atomic mass is 10.2. The minimum absolute atomic E-state index is 0.0535. The molecule has 3 nitrogen and oxygen atoms in total. The molecule has 0 aromatic heterocycles. The maximum atomic E-state index is 12.5. The van der Waals surface area contributed by atoms with Gasteiger partial charge in [0.25, 0.3) is 0 Å². The lowest BCUT2D eigenvalue weighted by Crippen LogP contribution is -2.05. The highest BCUT2D eigenvalue weighted by molar-refractivity contribution is 7.90. The summed E-state index contributed by atoms with van der Waals surface area (Å²) in [6, 6.07) is 23.5. The van der Waals surface area contributed by atoms with Crippen LogP contribution in [0.2, 0.25) is 0 Å². The first-order valence-electron chi connectivity index (χ1n) is 7.64. The molecule has 0 aliphatic heterocycles. The summed E-state index contributed by atoms with van der Waals surface area (Å²) < 4.78 is 30.8. The third kappa shape index (κ3) is 4.03. The van der Waals surface area contributed by atoms with Crippen LogP contribution in [0, 0.1) is 6.92 Å². The normalized spacial score (nSPS) is 11.2. The minimum atomic E-state index is -3.38. The van der Waals surface area contributed by atoms with Crippen LogP contribution in [0.15, 0.2) is 83.8 Å². The molecular formula is C20H18O3S. The van der Waals surface area contributed by atoms with E-state index in [2.05, 4.69) is 0 Å². The molecule has 0 atom stereocenters. The lowest BCUT2D eigenvalue weighted by molar-refractivity contribution is 0.482. The molecule has 4 heteroatoms. The molecular weight excluding hydrogens is 320 g/mol. The molecule has 122 valence electrons. The van der Waals surface area contributed by atoms with Crippen LogP contribution in [-0.2, 0) is 15.6 Å². The summed E-state index contributed by atoms with van der Waals surface area (Å²) in [5.74, 6) is 1.29. The van der Waals surface area contributed by atoms with Crippen LogP contribution in [0.1, 0.15) is 11.1 Å². The third-order valence-corrected chi connectivity index (χ3v) is 5.32. The van der Waals surface area contributed by atoms with E-state index in [0.717, 1.165) is 11.3 Å². The van der Waals surface area contributed by atoms with Crippen molar-refractivity contribution in [2.75, 3.05) is 0 Å². The Balaban J connectivity index is 1.80. The summed E-state index contributed by atoms with van der Waals surface area (Å²) in [5, 5.41) is 0. The maximum Gasteiger partial charge on any atom is 0.182 e. The van der Waals surface area contributed by atoms with Crippen molar-refractivity contribution in [1.29, 1.82) is 0 Å². The summed E-state index contributed by atoms with van der Waals surface area (Å²) in [6.45, 7) is 1.93. The number of sulfone groups is 1. The summed E-state index contributed by atoms with van der Waals surface area (Å²) in [7, 11) is -3.38. The van der Waals surface area contributed by atoms with E-state index in [1.165, 1.54) is 0 Å². The molecule has 3 rings (SSSR count). The molecule has 3 aromatic carbocycles. The monoisotopic (exact) mass is 338 g/mol. The van der Waals surface area contributed by atoms with Gasteiger partial charge in [-0.25, -0.2) is 8.42 Å². The number of hydrogen-bond acceptors (Lipinski definition) is 3. The Labute approximate surface area is 142 Å². The number of ether oxygens (including phenoxy) is 1. The highest BCUT2D eigenvalue weighted by Gasteiger charge is 2.15. The van der Waals surface area contributed by atoms with Crippen LogP contribution in [-0.4, -0.2) is 8.42 Å². The van der Waals surface area contributed by atoms with E-state index in [9.17, 15) is 8.42 Å². The molecule has 0 bridgehead atoms. The van der Waals surface area contributed by atoms with E-state index in [1.807, 2.05) is 55.5 Å². The Morgan fingerprint density at radius 1 is 0.792 bits per heavy atom. The van der Waals surface area contributed by atoms with Crippen molar-refractivity contribution in [3.8, 4) is 11.5 Å². The predicted molar refractivity (Wildman–Crippen MR) is 95.0 cm³/mol. The maximum absolute atomic E-state index is 12.5. The Morgan fingerprint density at radius 3 is 2.17 bits per heavy atom. The van der Waals surface area contributed by atoms with Gasteiger partial charge < -0.3 is 4.74 Å². The second-order valence-electron chi connectivity index (χ2n) is 5.63. The topological polar surface area (TPSA) is 43.4 Å². The lowest BCUT2D eigenvalue weighted by Gasteiger charge is -2.09. The van der Waals surface area contributed by atoms with E-state index >= 15 is 0 Å². The Kier molecular flexibility index (Phi) is 4.67. The van der Waals surface area contributed by atoms with Crippen molar-refractivity contribution in [3.63, 3.8) is 0 Å². The van der Waals surface area contributed by atoms with Gasteiger partial charge in [0, 0.05) is 0 Å². The van der Waals surface area contributed by atoms with E-state index in [4.69, 9.17) is 4.74 Å². The fraction of sp³-hybridized carbons (Fsp3) is 0.100. The quantitative estimate of drug-likeness (QED) is 0.673. The summed E-state index contributed by atoms with van der Waals surface area (Å²) in [4.78, 5) is 0.336. The molecule has 3 aromatic rings. The zero-order chi connectivity index (χ0) is 17.0. The average Bonchev–Trinajstić information content (AvgIpc) is 2.56. The number of rotatable bonds is 5. The molecule has 0 unspecified atom stereocenters. The minimum Gasteiger partial charge on any atom is -0.457 e. The summed E-state index contributed by atoms with van der Waals surface area (Å²) in [5.41, 5.74) is 1.73. The van der Waals surface area contributed by atoms with Crippen LogP contribution < -0.4 is 4.74 Å². The summed E-state index contributed by atoms with van der Waals surface area (Å²) >= 11 is 0. The Hall–Kier alpha value is -2.59. The van der Waals surface area contributed by atoms with Crippen LogP contribution in [0.25, 0.3) is 0 Å². The van der Waals surface area contributed by atoms with Gasteiger partial charge in [0.15, 0.2) is 9.84 Å². The van der Waals surface area contributed by atoms with Crippen molar-refractivity contribution in [2.45, 2.75) is 17.6 Å². The van der Waals surface area contributed by atoms with Gasteiger partial charge >= 0.3 is 0 Å². The fourth-order valence-corrected chi connectivity index (χ4v) is 3.71. The van der Waals surface area contributed by atoms with Gasteiger partial charge in [-0.15, -0.1) is 0 Å². The second kappa shape index (κ2) is 6.89. The van der Waals surface area contributed by atoms with Crippen LogP contribution in [0.5, 0.6) is 11.5 Å². The first-order valence-corrected chi connectivity index (χ1v) is 9.29. The SMILES string of the molecule is Cc1ccc(S(=O)(=O)Cc2cccc(Oc3ccccc3)c2)cc1. The molecule has 0 aliphatic carbocycles. The molecule has 0 amide bonds. The van der Waals surface area contributed by atoms with Gasteiger partial charge in [-0.05, 0) is 48.9 Å². The van der Waals surface area contributed by atoms with E-state index < -0.39 is 9.84 Å². The molecule has 0 radical (unpaired) electrons. The predicted octanol–water partition coefficient (Wildman–Crippen LogP) is 4.76. The Bertz CT molecular complexity index is 915. The Morgan fingerprint density at radius 2 is 1.46 bits per heavy atom. The number of aryl methyl sites for hydroxylation is 1. The number of benzene rings is 3. The first kappa shape index (κ1) is 16.3. The van der Waals surface area contributed by atoms with Crippen molar-refractivity contribution >= 4 is 9.84 Å². The molecule has 0 saturated carbocycles. The molecule has 0 fully saturated rings.